The van der Waals surface area contributed by atoms with E-state index >= 15 is 0 Å². The number of nitrogens with zero attached hydrogens (tertiary/aromatic N) is 2. The van der Waals surface area contributed by atoms with Gasteiger partial charge in [0.2, 0.25) is 5.91 Å². The first-order valence-corrected chi connectivity index (χ1v) is 7.39. The van der Waals surface area contributed by atoms with Crippen LogP contribution in [0.3, 0.4) is 0 Å². The molecule has 1 saturated heterocycles. The van der Waals surface area contributed by atoms with Gasteiger partial charge in [-0.1, -0.05) is 6.92 Å². The summed E-state index contributed by atoms with van der Waals surface area (Å²) in [5.41, 5.74) is 0. The normalized spacial score (nSPS) is 18.6. The lowest BCUT2D eigenvalue weighted by Crippen LogP contribution is -2.54. The summed E-state index contributed by atoms with van der Waals surface area (Å²) < 4.78 is 4.64. The number of esters is 1. The zero-order valence-electron chi connectivity index (χ0n) is 12.9. The van der Waals surface area contributed by atoms with Crippen molar-refractivity contribution in [3.05, 3.63) is 0 Å². The summed E-state index contributed by atoms with van der Waals surface area (Å²) in [5.74, 6) is -0.0606. The van der Waals surface area contributed by atoms with Crippen molar-refractivity contribution in [2.45, 2.75) is 32.7 Å². The molecule has 6 nitrogen and oxygen atoms in total. The van der Waals surface area contributed by atoms with Crippen molar-refractivity contribution >= 4 is 11.9 Å². The lowest BCUT2D eigenvalue weighted by atomic mass is 10.2. The number of carbonyl (C=O) groups excluding carboxylic acids is 2. The van der Waals surface area contributed by atoms with Gasteiger partial charge in [-0.05, 0) is 13.3 Å². The smallest absolute Gasteiger partial charge is 0.306 e. The molecule has 20 heavy (non-hydrogen) atoms. The lowest BCUT2D eigenvalue weighted by Gasteiger charge is -2.37. The Labute approximate surface area is 121 Å². The van der Waals surface area contributed by atoms with E-state index in [0.29, 0.717) is 6.42 Å². The van der Waals surface area contributed by atoms with Crippen molar-refractivity contribution in [1.82, 2.24) is 15.1 Å². The molecule has 1 aliphatic rings. The molecule has 1 atom stereocenters. The maximum Gasteiger partial charge on any atom is 0.306 e. The third-order valence-corrected chi connectivity index (χ3v) is 3.74. The maximum atomic E-state index is 11.9. The second-order valence-electron chi connectivity index (χ2n) is 5.17. The molecule has 116 valence electrons. The van der Waals surface area contributed by atoms with E-state index in [0.717, 1.165) is 45.7 Å². The number of rotatable bonds is 7. The van der Waals surface area contributed by atoms with E-state index in [1.165, 1.54) is 7.11 Å². The molecule has 1 unspecified atom stereocenters. The van der Waals surface area contributed by atoms with Crippen LogP contribution >= 0.6 is 0 Å². The molecule has 1 amide bonds. The topological polar surface area (TPSA) is 61.9 Å². The Kier molecular flexibility index (Phi) is 7.54. The van der Waals surface area contributed by atoms with Gasteiger partial charge in [0.1, 0.15) is 0 Å². The monoisotopic (exact) mass is 285 g/mol. The zero-order chi connectivity index (χ0) is 15.0. The molecule has 0 spiro atoms. The highest BCUT2D eigenvalue weighted by molar-refractivity contribution is 5.81. The highest BCUT2D eigenvalue weighted by Gasteiger charge is 2.25. The van der Waals surface area contributed by atoms with Gasteiger partial charge in [0.25, 0.3) is 0 Å². The molecule has 0 radical (unpaired) electrons. The third-order valence-electron chi connectivity index (χ3n) is 3.74. The molecule has 0 aliphatic carbocycles. The fourth-order valence-corrected chi connectivity index (χ4v) is 2.29. The van der Waals surface area contributed by atoms with Crippen LogP contribution in [0.2, 0.25) is 0 Å². The van der Waals surface area contributed by atoms with Crippen molar-refractivity contribution in [2.75, 3.05) is 46.4 Å². The molecule has 1 heterocycles. The van der Waals surface area contributed by atoms with Gasteiger partial charge in [-0.15, -0.1) is 0 Å². The number of hydrogen-bond acceptors (Lipinski definition) is 5. The van der Waals surface area contributed by atoms with Crippen LogP contribution in [0.1, 0.15) is 26.7 Å². The second-order valence-corrected chi connectivity index (χ2v) is 5.17. The summed E-state index contributed by atoms with van der Waals surface area (Å²) in [7, 11) is 1.41. The molecular formula is C14H27N3O3. The van der Waals surface area contributed by atoms with E-state index in [-0.39, 0.29) is 17.9 Å². The summed E-state index contributed by atoms with van der Waals surface area (Å²) >= 11 is 0. The van der Waals surface area contributed by atoms with Crippen molar-refractivity contribution in [1.29, 1.82) is 0 Å². The van der Waals surface area contributed by atoms with Gasteiger partial charge in [0.15, 0.2) is 0 Å². The number of nitrogens with one attached hydrogen (secondary N) is 1. The van der Waals surface area contributed by atoms with Crippen molar-refractivity contribution < 1.29 is 14.3 Å². The van der Waals surface area contributed by atoms with Gasteiger partial charge in [-0.25, -0.2) is 0 Å². The van der Waals surface area contributed by atoms with E-state index in [9.17, 15) is 9.59 Å². The summed E-state index contributed by atoms with van der Waals surface area (Å²) in [5, 5.41) is 2.93. The van der Waals surface area contributed by atoms with Crippen molar-refractivity contribution in [3.63, 3.8) is 0 Å². The molecule has 0 bridgehead atoms. The van der Waals surface area contributed by atoms with E-state index in [4.69, 9.17) is 0 Å². The van der Waals surface area contributed by atoms with Crippen LogP contribution in [0.15, 0.2) is 0 Å². The van der Waals surface area contributed by atoms with Gasteiger partial charge in [-0.3, -0.25) is 14.5 Å². The van der Waals surface area contributed by atoms with E-state index < -0.39 is 0 Å². The molecule has 0 aromatic heterocycles. The van der Waals surface area contributed by atoms with E-state index in [2.05, 4.69) is 19.9 Å². The third kappa shape index (κ3) is 5.46. The fourth-order valence-electron chi connectivity index (χ4n) is 2.29. The minimum absolute atomic E-state index is 0.0793. The quantitative estimate of drug-likeness (QED) is 0.671. The van der Waals surface area contributed by atoms with Gasteiger partial charge >= 0.3 is 5.97 Å². The Bertz CT molecular complexity index is 315. The van der Waals surface area contributed by atoms with Crippen LogP contribution in [-0.4, -0.2) is 74.1 Å². The molecule has 0 aromatic carbocycles. The van der Waals surface area contributed by atoms with Crippen LogP contribution in [0.4, 0.5) is 0 Å². The first-order valence-electron chi connectivity index (χ1n) is 7.39. The van der Waals surface area contributed by atoms with Crippen LogP contribution in [-0.2, 0) is 14.3 Å². The number of ether oxygens (including phenoxy) is 1. The standard InChI is InChI=1S/C14H27N3O3/c1-4-6-15-14(19)12(2)17-10-8-16(9-11-17)7-5-13(18)20-3/h12H,4-11H2,1-3H3,(H,15,19). The number of amides is 1. The van der Waals surface area contributed by atoms with E-state index in [1.807, 2.05) is 13.8 Å². The van der Waals surface area contributed by atoms with Crippen LogP contribution in [0.25, 0.3) is 0 Å². The van der Waals surface area contributed by atoms with Crippen molar-refractivity contribution in [3.8, 4) is 0 Å². The van der Waals surface area contributed by atoms with Crippen LogP contribution in [0.5, 0.6) is 0 Å². The second kappa shape index (κ2) is 8.92. The predicted octanol–water partition coefficient (Wildman–Crippen LogP) is 0.0818. The van der Waals surface area contributed by atoms with Crippen LogP contribution in [0, 0.1) is 0 Å². The summed E-state index contributed by atoms with van der Waals surface area (Å²) in [4.78, 5) is 27.4. The first kappa shape index (κ1) is 16.9. The maximum absolute atomic E-state index is 11.9. The summed E-state index contributed by atoms with van der Waals surface area (Å²) in [6.07, 6.45) is 1.39. The molecule has 0 aromatic rings. The largest absolute Gasteiger partial charge is 0.469 e. The number of piperazine rings is 1. The van der Waals surface area contributed by atoms with Gasteiger partial charge in [-0.2, -0.15) is 0 Å². The number of carbonyl (C=O) groups is 2. The van der Waals surface area contributed by atoms with Crippen LogP contribution < -0.4 is 5.32 Å². The van der Waals surface area contributed by atoms with Gasteiger partial charge in [0, 0.05) is 39.3 Å². The van der Waals surface area contributed by atoms with E-state index in [1.54, 1.807) is 0 Å². The van der Waals surface area contributed by atoms with Crippen molar-refractivity contribution in [2.24, 2.45) is 0 Å². The molecule has 0 saturated carbocycles. The zero-order valence-corrected chi connectivity index (χ0v) is 12.9. The Balaban J connectivity index is 2.27. The predicted molar refractivity (Wildman–Crippen MR) is 77.4 cm³/mol. The average Bonchev–Trinajstić information content (AvgIpc) is 2.49. The van der Waals surface area contributed by atoms with Gasteiger partial charge in [0.05, 0.1) is 19.6 Å². The molecule has 6 heteroatoms. The number of hydrogen-bond donors (Lipinski definition) is 1. The highest BCUT2D eigenvalue weighted by atomic mass is 16.5. The summed E-state index contributed by atoms with van der Waals surface area (Å²) in [6.45, 7) is 8.98. The summed E-state index contributed by atoms with van der Waals surface area (Å²) in [6, 6.07) is -0.0793. The first-order chi connectivity index (χ1) is 9.58. The minimum atomic E-state index is -0.167. The minimum Gasteiger partial charge on any atom is -0.469 e. The Hall–Kier alpha value is -1.14. The Morgan fingerprint density at radius 3 is 2.45 bits per heavy atom. The Morgan fingerprint density at radius 2 is 1.90 bits per heavy atom. The molecule has 1 N–H and O–H groups in total. The lowest BCUT2D eigenvalue weighted by molar-refractivity contribution is -0.141. The SMILES string of the molecule is CCCNC(=O)C(C)N1CCN(CCC(=O)OC)CC1. The highest BCUT2D eigenvalue weighted by Crippen LogP contribution is 2.07. The molecular weight excluding hydrogens is 258 g/mol. The average molecular weight is 285 g/mol. The van der Waals surface area contributed by atoms with Gasteiger partial charge < -0.3 is 15.0 Å². The fraction of sp³-hybridized carbons (Fsp3) is 0.857. The molecule has 1 aliphatic heterocycles. The molecule has 1 fully saturated rings. The molecule has 1 rings (SSSR count). The Morgan fingerprint density at radius 1 is 1.25 bits per heavy atom. The number of methoxy groups -OCH3 is 1.